The first-order valence-corrected chi connectivity index (χ1v) is 9.53. The largest absolute Gasteiger partial charge is 0.493 e. The molecule has 2 aromatic carbocycles. The minimum Gasteiger partial charge on any atom is -0.493 e. The summed E-state index contributed by atoms with van der Waals surface area (Å²) >= 11 is 0. The SMILES string of the molecule is CCCN(CC(=O)Nc1ccccc1C)C(=O)C=Cc1ccc(OC)c(OC)c1. The van der Waals surface area contributed by atoms with Crippen molar-refractivity contribution >= 4 is 23.6 Å². The van der Waals surface area contributed by atoms with Crippen molar-refractivity contribution in [3.63, 3.8) is 0 Å². The molecular weight excluding hydrogens is 368 g/mol. The molecule has 0 saturated heterocycles. The predicted octanol–water partition coefficient (Wildman–Crippen LogP) is 3.90. The van der Waals surface area contributed by atoms with Crippen LogP contribution in [0.1, 0.15) is 24.5 Å². The van der Waals surface area contributed by atoms with Crippen LogP contribution in [0, 0.1) is 6.92 Å². The first kappa shape index (κ1) is 22.0. The molecule has 0 bridgehead atoms. The molecule has 6 nitrogen and oxygen atoms in total. The molecule has 0 spiro atoms. The van der Waals surface area contributed by atoms with E-state index in [9.17, 15) is 9.59 Å². The normalized spacial score (nSPS) is 10.6. The Morgan fingerprint density at radius 3 is 2.45 bits per heavy atom. The summed E-state index contributed by atoms with van der Waals surface area (Å²) in [6, 6.07) is 13.0. The van der Waals surface area contributed by atoms with Gasteiger partial charge in [0.05, 0.1) is 14.2 Å². The quantitative estimate of drug-likeness (QED) is 0.653. The number of benzene rings is 2. The molecule has 0 atom stereocenters. The highest BCUT2D eigenvalue weighted by molar-refractivity contribution is 5.98. The van der Waals surface area contributed by atoms with Crippen molar-refractivity contribution in [3.05, 3.63) is 59.7 Å². The van der Waals surface area contributed by atoms with Crippen LogP contribution in [0.3, 0.4) is 0 Å². The van der Waals surface area contributed by atoms with Gasteiger partial charge in [-0.3, -0.25) is 9.59 Å². The fourth-order valence-corrected chi connectivity index (χ4v) is 2.84. The van der Waals surface area contributed by atoms with E-state index in [1.807, 2.05) is 44.2 Å². The summed E-state index contributed by atoms with van der Waals surface area (Å²) in [5, 5.41) is 2.87. The van der Waals surface area contributed by atoms with Crippen molar-refractivity contribution in [2.24, 2.45) is 0 Å². The predicted molar refractivity (Wildman–Crippen MR) is 115 cm³/mol. The fraction of sp³-hybridized carbons (Fsp3) is 0.304. The lowest BCUT2D eigenvalue weighted by Crippen LogP contribution is -2.37. The van der Waals surface area contributed by atoms with Gasteiger partial charge in [-0.1, -0.05) is 31.2 Å². The van der Waals surface area contributed by atoms with Crippen LogP contribution < -0.4 is 14.8 Å². The van der Waals surface area contributed by atoms with Crippen molar-refractivity contribution in [2.75, 3.05) is 32.6 Å². The molecule has 0 saturated carbocycles. The summed E-state index contributed by atoms with van der Waals surface area (Å²) in [5.41, 5.74) is 2.53. The van der Waals surface area contributed by atoms with Gasteiger partial charge in [0, 0.05) is 18.3 Å². The van der Waals surface area contributed by atoms with Gasteiger partial charge in [0.25, 0.3) is 0 Å². The van der Waals surface area contributed by atoms with Gasteiger partial charge in [0.2, 0.25) is 11.8 Å². The van der Waals surface area contributed by atoms with Crippen LogP contribution in [0.15, 0.2) is 48.5 Å². The van der Waals surface area contributed by atoms with E-state index >= 15 is 0 Å². The second-order valence-corrected chi connectivity index (χ2v) is 6.57. The second kappa shape index (κ2) is 10.9. The number of aryl methyl sites for hydroxylation is 1. The second-order valence-electron chi connectivity index (χ2n) is 6.57. The van der Waals surface area contributed by atoms with Crippen LogP contribution in [0.2, 0.25) is 0 Å². The van der Waals surface area contributed by atoms with E-state index in [4.69, 9.17) is 9.47 Å². The Morgan fingerprint density at radius 2 is 1.79 bits per heavy atom. The molecule has 154 valence electrons. The van der Waals surface area contributed by atoms with Crippen molar-refractivity contribution < 1.29 is 19.1 Å². The van der Waals surface area contributed by atoms with Crippen LogP contribution in [-0.2, 0) is 9.59 Å². The van der Waals surface area contributed by atoms with Crippen molar-refractivity contribution in [1.29, 1.82) is 0 Å². The van der Waals surface area contributed by atoms with E-state index in [1.165, 1.54) is 11.0 Å². The summed E-state index contributed by atoms with van der Waals surface area (Å²) < 4.78 is 10.5. The van der Waals surface area contributed by atoms with Crippen LogP contribution in [-0.4, -0.2) is 44.0 Å². The third-order valence-corrected chi connectivity index (χ3v) is 4.38. The summed E-state index contributed by atoms with van der Waals surface area (Å²) in [4.78, 5) is 26.6. The van der Waals surface area contributed by atoms with Gasteiger partial charge < -0.3 is 19.7 Å². The molecule has 2 amide bonds. The Bertz CT molecular complexity index is 877. The van der Waals surface area contributed by atoms with E-state index < -0.39 is 0 Å². The molecule has 0 aliphatic rings. The average Bonchev–Trinajstić information content (AvgIpc) is 2.73. The topological polar surface area (TPSA) is 67.9 Å². The molecule has 6 heteroatoms. The van der Waals surface area contributed by atoms with E-state index in [0.717, 1.165) is 23.2 Å². The van der Waals surface area contributed by atoms with E-state index in [2.05, 4.69) is 5.32 Å². The minimum atomic E-state index is -0.222. The molecular formula is C23H28N2O4. The number of nitrogens with one attached hydrogen (secondary N) is 1. The lowest BCUT2D eigenvalue weighted by molar-refractivity contribution is -0.130. The van der Waals surface area contributed by atoms with E-state index in [0.29, 0.717) is 18.0 Å². The van der Waals surface area contributed by atoms with Gasteiger partial charge in [0.1, 0.15) is 6.54 Å². The summed E-state index contributed by atoms with van der Waals surface area (Å²) in [6.07, 6.45) is 3.93. The van der Waals surface area contributed by atoms with Gasteiger partial charge >= 0.3 is 0 Å². The average molecular weight is 396 g/mol. The first-order valence-electron chi connectivity index (χ1n) is 9.53. The standard InChI is InChI=1S/C23H28N2O4/c1-5-14-25(16-22(26)24-19-9-7-6-8-17(19)2)23(27)13-11-18-10-12-20(28-3)21(15-18)29-4/h6-13,15H,5,14,16H2,1-4H3,(H,24,26). The monoisotopic (exact) mass is 396 g/mol. The maximum atomic E-state index is 12.6. The molecule has 2 rings (SSSR count). The maximum Gasteiger partial charge on any atom is 0.247 e. The lowest BCUT2D eigenvalue weighted by Gasteiger charge is -2.20. The highest BCUT2D eigenvalue weighted by atomic mass is 16.5. The molecule has 0 radical (unpaired) electrons. The summed E-state index contributed by atoms with van der Waals surface area (Å²) in [6.45, 7) is 4.39. The lowest BCUT2D eigenvalue weighted by atomic mass is 10.2. The van der Waals surface area contributed by atoms with Gasteiger partial charge in [-0.25, -0.2) is 0 Å². The number of ether oxygens (including phenoxy) is 2. The Balaban J connectivity index is 2.05. The highest BCUT2D eigenvalue weighted by Crippen LogP contribution is 2.28. The number of para-hydroxylation sites is 1. The summed E-state index contributed by atoms with van der Waals surface area (Å²) in [5.74, 6) is 0.767. The molecule has 0 fully saturated rings. The Kier molecular flexibility index (Phi) is 8.27. The number of hydrogen-bond acceptors (Lipinski definition) is 4. The maximum absolute atomic E-state index is 12.6. The molecule has 0 aliphatic heterocycles. The highest BCUT2D eigenvalue weighted by Gasteiger charge is 2.15. The first-order chi connectivity index (χ1) is 14.0. The Hall–Kier alpha value is -3.28. The van der Waals surface area contributed by atoms with Gasteiger partial charge in [-0.2, -0.15) is 0 Å². The van der Waals surface area contributed by atoms with Crippen molar-refractivity contribution in [3.8, 4) is 11.5 Å². The van der Waals surface area contributed by atoms with Gasteiger partial charge in [-0.15, -0.1) is 0 Å². The summed E-state index contributed by atoms with van der Waals surface area (Å²) in [7, 11) is 3.13. The molecule has 0 unspecified atom stereocenters. The number of carbonyl (C=O) groups is 2. The Morgan fingerprint density at radius 1 is 1.07 bits per heavy atom. The number of nitrogens with zero attached hydrogens (tertiary/aromatic N) is 1. The van der Waals surface area contributed by atoms with E-state index in [-0.39, 0.29) is 18.4 Å². The molecule has 0 heterocycles. The van der Waals surface area contributed by atoms with E-state index in [1.54, 1.807) is 32.4 Å². The fourth-order valence-electron chi connectivity index (χ4n) is 2.84. The van der Waals surface area contributed by atoms with Crippen molar-refractivity contribution in [1.82, 2.24) is 4.90 Å². The number of hydrogen-bond donors (Lipinski definition) is 1. The smallest absolute Gasteiger partial charge is 0.247 e. The minimum absolute atomic E-state index is 0.00270. The number of methoxy groups -OCH3 is 2. The van der Waals surface area contributed by atoms with Crippen LogP contribution in [0.5, 0.6) is 11.5 Å². The molecule has 1 N–H and O–H groups in total. The van der Waals surface area contributed by atoms with Crippen LogP contribution in [0.4, 0.5) is 5.69 Å². The number of anilines is 1. The van der Waals surface area contributed by atoms with Crippen molar-refractivity contribution in [2.45, 2.75) is 20.3 Å². The molecule has 29 heavy (non-hydrogen) atoms. The van der Waals surface area contributed by atoms with Crippen LogP contribution in [0.25, 0.3) is 6.08 Å². The van der Waals surface area contributed by atoms with Crippen LogP contribution >= 0.6 is 0 Å². The van der Waals surface area contributed by atoms with Gasteiger partial charge in [-0.05, 0) is 48.7 Å². The zero-order valence-corrected chi connectivity index (χ0v) is 17.4. The molecule has 0 aromatic heterocycles. The molecule has 0 aliphatic carbocycles. The van der Waals surface area contributed by atoms with Gasteiger partial charge in [0.15, 0.2) is 11.5 Å². The third-order valence-electron chi connectivity index (χ3n) is 4.38. The Labute approximate surface area is 172 Å². The zero-order valence-electron chi connectivity index (χ0n) is 17.4. The molecule has 2 aromatic rings. The third kappa shape index (κ3) is 6.38. The zero-order chi connectivity index (χ0) is 21.2. The number of amides is 2. The number of carbonyl (C=O) groups excluding carboxylic acids is 2. The number of rotatable bonds is 9.